The molecule has 0 aromatic rings. The van der Waals surface area contributed by atoms with Crippen molar-refractivity contribution in [2.24, 2.45) is 17.1 Å². The quantitative estimate of drug-likeness (QED) is 0.771. The lowest BCUT2D eigenvalue weighted by Gasteiger charge is -2.40. The minimum absolute atomic E-state index is 0.0527. The predicted molar refractivity (Wildman–Crippen MR) is 67.0 cm³/mol. The third-order valence-corrected chi connectivity index (χ3v) is 4.21. The number of carbonyl (C=O) groups is 1. The molecule has 94 valence electrons. The van der Waals surface area contributed by atoms with E-state index < -0.39 is 11.0 Å². The maximum absolute atomic E-state index is 12.3. The highest BCUT2D eigenvalue weighted by atomic mass is 16.2. The third kappa shape index (κ3) is 2.57. The van der Waals surface area contributed by atoms with Crippen molar-refractivity contribution in [2.75, 3.05) is 0 Å². The maximum Gasteiger partial charge on any atom is 0.227 e. The number of hydrogen-bond acceptors (Lipinski definition) is 2. The van der Waals surface area contributed by atoms with Crippen LogP contribution in [0.4, 0.5) is 0 Å². The van der Waals surface area contributed by atoms with Gasteiger partial charge in [0.1, 0.15) is 0 Å². The third-order valence-electron chi connectivity index (χ3n) is 4.21. The van der Waals surface area contributed by atoms with Crippen LogP contribution >= 0.6 is 0 Å². The van der Waals surface area contributed by atoms with E-state index in [0.717, 1.165) is 0 Å². The van der Waals surface area contributed by atoms with Crippen molar-refractivity contribution >= 4 is 5.91 Å². The van der Waals surface area contributed by atoms with Crippen LogP contribution in [0, 0.1) is 11.3 Å². The van der Waals surface area contributed by atoms with E-state index in [1.54, 1.807) is 0 Å². The average molecular weight is 226 g/mol. The molecular formula is C13H26N2O. The van der Waals surface area contributed by atoms with E-state index in [-0.39, 0.29) is 11.4 Å². The number of rotatable bonds is 4. The largest absolute Gasteiger partial charge is 0.350 e. The zero-order chi connectivity index (χ0) is 12.8. The smallest absolute Gasteiger partial charge is 0.227 e. The monoisotopic (exact) mass is 226 g/mol. The molecule has 1 aliphatic rings. The molecule has 0 spiro atoms. The van der Waals surface area contributed by atoms with Gasteiger partial charge in [0.2, 0.25) is 5.91 Å². The summed E-state index contributed by atoms with van der Waals surface area (Å²) in [6.07, 6.45) is 2.44. The second-order valence-electron chi connectivity index (χ2n) is 6.80. The normalized spacial score (nSPS) is 18.4. The molecular weight excluding hydrogens is 200 g/mol. The fourth-order valence-corrected chi connectivity index (χ4v) is 1.65. The van der Waals surface area contributed by atoms with Gasteiger partial charge in [-0.15, -0.1) is 0 Å². The number of amides is 1. The lowest BCUT2D eigenvalue weighted by molar-refractivity contribution is -0.134. The first-order valence-electron chi connectivity index (χ1n) is 6.10. The van der Waals surface area contributed by atoms with Crippen molar-refractivity contribution in [3.63, 3.8) is 0 Å². The van der Waals surface area contributed by atoms with Gasteiger partial charge in [0.25, 0.3) is 0 Å². The lowest BCUT2D eigenvalue weighted by atomic mass is 9.74. The summed E-state index contributed by atoms with van der Waals surface area (Å²) >= 11 is 0. The van der Waals surface area contributed by atoms with Gasteiger partial charge in [-0.2, -0.15) is 0 Å². The molecule has 1 saturated carbocycles. The number of hydrogen-bond donors (Lipinski definition) is 2. The molecule has 0 aromatic carbocycles. The summed E-state index contributed by atoms with van der Waals surface area (Å²) in [6.45, 7) is 11.8. The van der Waals surface area contributed by atoms with Crippen LogP contribution in [0.15, 0.2) is 0 Å². The summed E-state index contributed by atoms with van der Waals surface area (Å²) in [5.41, 5.74) is 4.89. The summed E-state index contributed by atoms with van der Waals surface area (Å²) in [5, 5.41) is 3.15. The number of carbonyl (C=O) groups excluding carboxylic acids is 1. The molecule has 1 fully saturated rings. The van der Waals surface area contributed by atoms with Gasteiger partial charge in [0, 0.05) is 11.1 Å². The van der Waals surface area contributed by atoms with Crippen LogP contribution in [0.1, 0.15) is 54.4 Å². The minimum Gasteiger partial charge on any atom is -0.350 e. The zero-order valence-corrected chi connectivity index (χ0v) is 11.5. The molecule has 0 saturated heterocycles. The molecule has 3 N–H and O–H groups in total. The summed E-state index contributed by atoms with van der Waals surface area (Å²) in [4.78, 5) is 12.3. The summed E-state index contributed by atoms with van der Waals surface area (Å²) in [7, 11) is 0. The van der Waals surface area contributed by atoms with Crippen molar-refractivity contribution in [2.45, 2.75) is 65.5 Å². The van der Waals surface area contributed by atoms with E-state index >= 15 is 0 Å². The topological polar surface area (TPSA) is 55.1 Å². The van der Waals surface area contributed by atoms with E-state index in [9.17, 15) is 4.79 Å². The average Bonchev–Trinajstić information content (AvgIpc) is 2.82. The summed E-state index contributed by atoms with van der Waals surface area (Å²) < 4.78 is 0. The van der Waals surface area contributed by atoms with Gasteiger partial charge < -0.3 is 11.1 Å². The maximum atomic E-state index is 12.3. The van der Waals surface area contributed by atoms with Gasteiger partial charge >= 0.3 is 0 Å². The molecule has 1 amide bonds. The highest BCUT2D eigenvalue weighted by Crippen LogP contribution is 2.40. The SMILES string of the molecule is CC(C)(NC(=O)C(C)(C)C(C)(C)N)C1CC1. The second-order valence-corrected chi connectivity index (χ2v) is 6.80. The van der Waals surface area contributed by atoms with Crippen molar-refractivity contribution in [3.05, 3.63) is 0 Å². The second kappa shape index (κ2) is 3.73. The van der Waals surface area contributed by atoms with Crippen LogP contribution in [0.5, 0.6) is 0 Å². The molecule has 0 unspecified atom stereocenters. The van der Waals surface area contributed by atoms with E-state index in [2.05, 4.69) is 19.2 Å². The van der Waals surface area contributed by atoms with Gasteiger partial charge in [-0.1, -0.05) is 0 Å². The molecule has 0 aliphatic heterocycles. The Hall–Kier alpha value is -0.570. The summed E-state index contributed by atoms with van der Waals surface area (Å²) in [6, 6.07) is 0. The zero-order valence-electron chi connectivity index (χ0n) is 11.5. The molecule has 0 bridgehead atoms. The Labute approximate surface area is 99.2 Å². The molecule has 16 heavy (non-hydrogen) atoms. The lowest BCUT2D eigenvalue weighted by Crippen LogP contribution is -2.59. The molecule has 0 atom stereocenters. The van der Waals surface area contributed by atoms with Gasteiger partial charge in [0.15, 0.2) is 0 Å². The standard InChI is InChI=1S/C13H26N2O/c1-11(2,13(5,6)14)10(16)15-12(3,4)9-7-8-9/h9H,7-8,14H2,1-6H3,(H,15,16). The highest BCUT2D eigenvalue weighted by Gasteiger charge is 2.45. The summed E-state index contributed by atoms with van der Waals surface area (Å²) in [5.74, 6) is 0.685. The van der Waals surface area contributed by atoms with Crippen molar-refractivity contribution in [1.82, 2.24) is 5.32 Å². The number of nitrogens with one attached hydrogen (secondary N) is 1. The van der Waals surface area contributed by atoms with Crippen LogP contribution < -0.4 is 11.1 Å². The Morgan fingerprint density at radius 2 is 1.56 bits per heavy atom. The highest BCUT2D eigenvalue weighted by molar-refractivity contribution is 5.84. The molecule has 1 aliphatic carbocycles. The molecule has 0 radical (unpaired) electrons. The van der Waals surface area contributed by atoms with Crippen molar-refractivity contribution in [3.8, 4) is 0 Å². The Kier molecular flexibility index (Phi) is 3.14. The van der Waals surface area contributed by atoms with E-state index in [1.807, 2.05) is 27.7 Å². The van der Waals surface area contributed by atoms with Crippen LogP contribution in [0.3, 0.4) is 0 Å². The molecule has 3 nitrogen and oxygen atoms in total. The Morgan fingerprint density at radius 1 is 1.12 bits per heavy atom. The first-order valence-corrected chi connectivity index (χ1v) is 6.10. The number of nitrogens with two attached hydrogens (primary N) is 1. The van der Waals surface area contributed by atoms with Crippen LogP contribution in [0.25, 0.3) is 0 Å². The van der Waals surface area contributed by atoms with Crippen LogP contribution in [0.2, 0.25) is 0 Å². The first-order chi connectivity index (χ1) is 6.98. The Bertz CT molecular complexity index is 283. The molecule has 1 rings (SSSR count). The molecule has 3 heteroatoms. The minimum atomic E-state index is -0.556. The van der Waals surface area contributed by atoms with Crippen LogP contribution in [-0.2, 0) is 4.79 Å². The van der Waals surface area contributed by atoms with Gasteiger partial charge in [-0.05, 0) is 60.3 Å². The van der Waals surface area contributed by atoms with E-state index in [0.29, 0.717) is 5.92 Å². The fraction of sp³-hybridized carbons (Fsp3) is 0.923. The van der Waals surface area contributed by atoms with Gasteiger partial charge in [0.05, 0.1) is 5.41 Å². The predicted octanol–water partition coefficient (Wildman–Crippen LogP) is 2.05. The Morgan fingerprint density at radius 3 is 1.88 bits per heavy atom. The first kappa shape index (κ1) is 13.5. The van der Waals surface area contributed by atoms with Gasteiger partial charge in [-0.25, -0.2) is 0 Å². The van der Waals surface area contributed by atoms with E-state index in [4.69, 9.17) is 5.73 Å². The van der Waals surface area contributed by atoms with Crippen LogP contribution in [-0.4, -0.2) is 17.0 Å². The molecule has 0 heterocycles. The van der Waals surface area contributed by atoms with Crippen molar-refractivity contribution in [1.29, 1.82) is 0 Å². The van der Waals surface area contributed by atoms with Gasteiger partial charge in [-0.3, -0.25) is 4.79 Å². The van der Waals surface area contributed by atoms with Crippen molar-refractivity contribution < 1.29 is 4.79 Å². The molecule has 0 aromatic heterocycles. The Balaban J connectivity index is 2.71. The fourth-order valence-electron chi connectivity index (χ4n) is 1.65. The van der Waals surface area contributed by atoms with E-state index in [1.165, 1.54) is 12.8 Å².